The molecular formula is C15H13BrO5S. The minimum atomic E-state index is -1.16. The molecule has 22 heavy (non-hydrogen) atoms. The number of halogens is 1. The van der Waals surface area contributed by atoms with E-state index in [-0.39, 0.29) is 10.6 Å². The number of hydrogen-bond acceptors (Lipinski definition) is 4. The van der Waals surface area contributed by atoms with Crippen LogP contribution in [0.4, 0.5) is 0 Å². The Morgan fingerprint density at radius 1 is 1.23 bits per heavy atom. The van der Waals surface area contributed by atoms with E-state index in [1.165, 1.54) is 0 Å². The van der Waals surface area contributed by atoms with Crippen LogP contribution in [0.5, 0.6) is 5.75 Å². The summed E-state index contributed by atoms with van der Waals surface area (Å²) in [4.78, 5) is 22.7. The largest absolute Gasteiger partial charge is 0.479 e. The minimum Gasteiger partial charge on any atom is -0.479 e. The summed E-state index contributed by atoms with van der Waals surface area (Å²) in [5, 5.41) is 18.0. The van der Waals surface area contributed by atoms with Gasteiger partial charge in [-0.3, -0.25) is 0 Å². The maximum absolute atomic E-state index is 11.3. The first-order chi connectivity index (χ1) is 10.3. The highest BCUT2D eigenvalue weighted by atomic mass is 79.9. The van der Waals surface area contributed by atoms with Gasteiger partial charge in [-0.05, 0) is 46.5 Å². The Morgan fingerprint density at radius 2 is 1.91 bits per heavy atom. The molecule has 1 aromatic heterocycles. The first-order valence-corrected chi connectivity index (χ1v) is 7.90. The van der Waals surface area contributed by atoms with Crippen molar-refractivity contribution in [3.63, 3.8) is 0 Å². The Kier molecular flexibility index (Phi) is 4.87. The number of carboxylic acid groups (broad SMARTS) is 2. The van der Waals surface area contributed by atoms with E-state index in [4.69, 9.17) is 9.84 Å². The number of aromatic carboxylic acids is 1. The van der Waals surface area contributed by atoms with Gasteiger partial charge in [-0.25, -0.2) is 9.59 Å². The summed E-state index contributed by atoms with van der Waals surface area (Å²) >= 11 is 4.38. The standard InChI is InChI=1S/C15H13BrO5S/c1-7-3-4-9(5-8(7)2)13-11(16)12(21-6-10(17)18)14(22-13)15(19)20/h3-5H,6H2,1-2H3,(H,17,18)(H,19,20). The van der Waals surface area contributed by atoms with Gasteiger partial charge in [0.05, 0.1) is 9.35 Å². The second-order valence-electron chi connectivity index (χ2n) is 4.69. The van der Waals surface area contributed by atoms with Crippen LogP contribution >= 0.6 is 27.3 Å². The van der Waals surface area contributed by atoms with Crippen LogP contribution in [0.1, 0.15) is 20.8 Å². The van der Waals surface area contributed by atoms with Gasteiger partial charge in [0.2, 0.25) is 0 Å². The summed E-state index contributed by atoms with van der Waals surface area (Å²) < 4.78 is 5.59. The molecular weight excluding hydrogens is 372 g/mol. The van der Waals surface area contributed by atoms with Crippen LogP contribution in [0.15, 0.2) is 22.7 Å². The molecule has 116 valence electrons. The van der Waals surface area contributed by atoms with Crippen molar-refractivity contribution in [3.8, 4) is 16.2 Å². The van der Waals surface area contributed by atoms with Crippen LogP contribution in [0.3, 0.4) is 0 Å². The summed E-state index contributed by atoms with van der Waals surface area (Å²) in [6.45, 7) is 3.37. The molecule has 0 saturated heterocycles. The van der Waals surface area contributed by atoms with Crippen LogP contribution in [0, 0.1) is 13.8 Å². The normalized spacial score (nSPS) is 10.5. The van der Waals surface area contributed by atoms with Crippen molar-refractivity contribution < 1.29 is 24.5 Å². The van der Waals surface area contributed by atoms with Crippen molar-refractivity contribution in [3.05, 3.63) is 38.7 Å². The molecule has 0 fully saturated rings. The molecule has 2 aromatic rings. The number of ether oxygens (including phenoxy) is 1. The fraction of sp³-hybridized carbons (Fsp3) is 0.200. The van der Waals surface area contributed by atoms with E-state index in [9.17, 15) is 14.7 Å². The van der Waals surface area contributed by atoms with Crippen LogP contribution in [0.25, 0.3) is 10.4 Å². The van der Waals surface area contributed by atoms with Gasteiger partial charge in [0, 0.05) is 0 Å². The Morgan fingerprint density at radius 3 is 2.45 bits per heavy atom. The molecule has 0 unspecified atom stereocenters. The maximum atomic E-state index is 11.3. The van der Waals surface area contributed by atoms with Gasteiger partial charge in [0.25, 0.3) is 0 Å². The Hall–Kier alpha value is -1.86. The third-order valence-electron chi connectivity index (χ3n) is 3.11. The summed E-state index contributed by atoms with van der Waals surface area (Å²) in [5.41, 5.74) is 3.08. The molecule has 0 radical (unpaired) electrons. The minimum absolute atomic E-state index is 0.0265. The fourth-order valence-electron chi connectivity index (χ4n) is 1.87. The lowest BCUT2D eigenvalue weighted by Crippen LogP contribution is -2.11. The summed E-state index contributed by atoms with van der Waals surface area (Å²) in [6, 6.07) is 5.80. The summed E-state index contributed by atoms with van der Waals surface area (Å²) in [7, 11) is 0. The van der Waals surface area contributed by atoms with Crippen molar-refractivity contribution >= 4 is 39.2 Å². The number of thiophene rings is 1. The number of rotatable bonds is 5. The van der Waals surface area contributed by atoms with Gasteiger partial charge in [-0.15, -0.1) is 11.3 Å². The maximum Gasteiger partial charge on any atom is 0.349 e. The van der Waals surface area contributed by atoms with Crippen molar-refractivity contribution in [1.82, 2.24) is 0 Å². The highest BCUT2D eigenvalue weighted by Crippen LogP contribution is 2.45. The Labute approximate surface area is 139 Å². The molecule has 2 N–H and O–H groups in total. The molecule has 7 heteroatoms. The van der Waals surface area contributed by atoms with E-state index in [0.717, 1.165) is 28.0 Å². The molecule has 0 bridgehead atoms. The number of carboxylic acids is 2. The number of aryl methyl sites for hydroxylation is 2. The van der Waals surface area contributed by atoms with Crippen molar-refractivity contribution in [2.45, 2.75) is 13.8 Å². The predicted molar refractivity (Wildman–Crippen MR) is 87.0 cm³/mol. The van der Waals surface area contributed by atoms with E-state index in [1.807, 2.05) is 32.0 Å². The zero-order chi connectivity index (χ0) is 16.4. The van der Waals surface area contributed by atoms with Crippen LogP contribution in [-0.2, 0) is 4.79 Å². The lowest BCUT2D eigenvalue weighted by atomic mass is 10.1. The third-order valence-corrected chi connectivity index (χ3v) is 5.34. The zero-order valence-electron chi connectivity index (χ0n) is 11.8. The Bertz CT molecular complexity index is 751. The van der Waals surface area contributed by atoms with Crippen LogP contribution < -0.4 is 4.74 Å². The highest BCUT2D eigenvalue weighted by molar-refractivity contribution is 9.10. The van der Waals surface area contributed by atoms with E-state index in [0.29, 0.717) is 9.35 Å². The Balaban J connectivity index is 2.52. The van der Waals surface area contributed by atoms with Gasteiger partial charge in [-0.1, -0.05) is 18.2 Å². The number of carbonyl (C=O) groups is 2. The first-order valence-electron chi connectivity index (χ1n) is 6.29. The summed E-state index contributed by atoms with van der Waals surface area (Å²) in [6.07, 6.45) is 0. The second kappa shape index (κ2) is 6.50. The second-order valence-corrected chi connectivity index (χ2v) is 6.50. The number of aliphatic carboxylic acids is 1. The van der Waals surface area contributed by atoms with Crippen molar-refractivity contribution in [1.29, 1.82) is 0 Å². The fourth-order valence-corrected chi connectivity index (χ4v) is 3.76. The van der Waals surface area contributed by atoms with Gasteiger partial charge in [0.1, 0.15) is 0 Å². The number of benzene rings is 1. The van der Waals surface area contributed by atoms with Crippen LogP contribution in [-0.4, -0.2) is 28.8 Å². The van der Waals surface area contributed by atoms with E-state index in [2.05, 4.69) is 15.9 Å². The predicted octanol–water partition coefficient (Wildman–Crippen LogP) is 3.96. The molecule has 1 aromatic carbocycles. The highest BCUT2D eigenvalue weighted by Gasteiger charge is 2.24. The van der Waals surface area contributed by atoms with Crippen molar-refractivity contribution in [2.75, 3.05) is 6.61 Å². The average molecular weight is 385 g/mol. The van der Waals surface area contributed by atoms with Crippen molar-refractivity contribution in [2.24, 2.45) is 0 Å². The molecule has 0 spiro atoms. The molecule has 0 aliphatic carbocycles. The van der Waals surface area contributed by atoms with Gasteiger partial charge >= 0.3 is 11.9 Å². The topological polar surface area (TPSA) is 83.8 Å². The third kappa shape index (κ3) is 3.31. The van der Waals surface area contributed by atoms with Gasteiger partial charge < -0.3 is 14.9 Å². The van der Waals surface area contributed by atoms with E-state index < -0.39 is 18.5 Å². The van der Waals surface area contributed by atoms with Gasteiger partial charge in [-0.2, -0.15) is 0 Å². The SMILES string of the molecule is Cc1ccc(-c2sc(C(=O)O)c(OCC(=O)O)c2Br)cc1C. The quantitative estimate of drug-likeness (QED) is 0.814. The first kappa shape index (κ1) is 16.5. The van der Waals surface area contributed by atoms with Crippen LogP contribution in [0.2, 0.25) is 0 Å². The smallest absolute Gasteiger partial charge is 0.349 e. The molecule has 2 rings (SSSR count). The van der Waals surface area contributed by atoms with Gasteiger partial charge in [0.15, 0.2) is 17.2 Å². The number of hydrogen-bond donors (Lipinski definition) is 2. The molecule has 0 aliphatic heterocycles. The molecule has 5 nitrogen and oxygen atoms in total. The molecule has 0 atom stereocenters. The molecule has 0 amide bonds. The average Bonchev–Trinajstić information content (AvgIpc) is 2.77. The molecule has 0 aliphatic rings. The molecule has 0 saturated carbocycles. The van der Waals surface area contributed by atoms with E-state index >= 15 is 0 Å². The van der Waals surface area contributed by atoms with E-state index in [1.54, 1.807) is 0 Å². The zero-order valence-corrected chi connectivity index (χ0v) is 14.2. The lowest BCUT2D eigenvalue weighted by molar-refractivity contribution is -0.139. The summed E-state index contributed by atoms with van der Waals surface area (Å²) in [5.74, 6) is -2.27. The lowest BCUT2D eigenvalue weighted by Gasteiger charge is -2.05. The monoisotopic (exact) mass is 384 g/mol. The molecule has 1 heterocycles.